The highest BCUT2D eigenvalue weighted by Crippen LogP contribution is 2.39. The standard InChI is InChI=1S/C37H30.C7H10/c1-3-15-27-24-36-29(26(27)2)20-14-21-30(36)28-22-23-35-33-17-11-9-7-5-4-6-8-10-16-31(33)32-18-12-13-19-34(32)37(35)25-28;1-4-6-7(3)5-2/h3-23,25H,24H2,1-2H3;4-6H,1-2H2,3H3/b5-4?,6-4-,7-5-,8-6?,9-7?,10-8-,11-9-,15-3-,16-10?,17-11?,31-16-,33-17+;7-6-. The van der Waals surface area contributed by atoms with Crippen LogP contribution in [0.3, 0.4) is 0 Å². The Morgan fingerprint density at radius 3 is 1.91 bits per heavy atom. The fraction of sp³-hybridized carbons (Fsp3) is 0.0909. The lowest BCUT2D eigenvalue weighted by molar-refractivity contribution is 1.24. The molecule has 0 aliphatic heterocycles. The minimum absolute atomic E-state index is 0.993. The van der Waals surface area contributed by atoms with E-state index in [9.17, 15) is 0 Å². The summed E-state index contributed by atoms with van der Waals surface area (Å²) in [6.07, 6.45) is 32.1. The van der Waals surface area contributed by atoms with E-state index in [-0.39, 0.29) is 0 Å². The van der Waals surface area contributed by atoms with E-state index in [0.29, 0.717) is 0 Å². The topological polar surface area (TPSA) is 0 Å². The van der Waals surface area contributed by atoms with Crippen LogP contribution >= 0.6 is 0 Å². The zero-order valence-electron chi connectivity index (χ0n) is 26.1. The van der Waals surface area contributed by atoms with Gasteiger partial charge in [0.25, 0.3) is 0 Å². The van der Waals surface area contributed by atoms with Crippen LogP contribution < -0.4 is 10.4 Å². The van der Waals surface area contributed by atoms with Gasteiger partial charge in [0.05, 0.1) is 0 Å². The van der Waals surface area contributed by atoms with Crippen molar-refractivity contribution >= 4 is 39.3 Å². The monoisotopic (exact) mass is 568 g/mol. The molecule has 0 nitrogen and oxygen atoms in total. The zero-order valence-corrected chi connectivity index (χ0v) is 26.1. The summed E-state index contributed by atoms with van der Waals surface area (Å²) in [4.78, 5) is 0. The number of hydrogen-bond donors (Lipinski definition) is 0. The third-order valence-corrected chi connectivity index (χ3v) is 8.22. The van der Waals surface area contributed by atoms with Crippen LogP contribution in [0.1, 0.15) is 31.9 Å². The molecule has 0 heterocycles. The molecule has 0 radical (unpaired) electrons. The van der Waals surface area contributed by atoms with E-state index in [1.54, 1.807) is 12.2 Å². The Hall–Kier alpha value is -5.20. The van der Waals surface area contributed by atoms with Gasteiger partial charge in [-0.15, -0.1) is 0 Å². The number of benzene rings is 4. The molecule has 6 rings (SSSR count). The number of fused-ring (bicyclic) bond motifs is 7. The maximum absolute atomic E-state index is 3.56. The molecule has 0 unspecified atom stereocenters. The van der Waals surface area contributed by atoms with Crippen LogP contribution in [0.15, 0.2) is 164 Å². The Labute approximate surface area is 262 Å². The number of rotatable bonds is 4. The lowest BCUT2D eigenvalue weighted by atomic mass is 9.91. The van der Waals surface area contributed by atoms with Crippen LogP contribution in [0.4, 0.5) is 0 Å². The van der Waals surface area contributed by atoms with Crippen molar-refractivity contribution in [2.24, 2.45) is 0 Å². The molecule has 2 aliphatic carbocycles. The van der Waals surface area contributed by atoms with Gasteiger partial charge in [-0.1, -0.05) is 164 Å². The molecular weight excluding hydrogens is 528 g/mol. The Balaban J connectivity index is 0.000000493. The van der Waals surface area contributed by atoms with Gasteiger partial charge in [0.2, 0.25) is 0 Å². The predicted molar refractivity (Wildman–Crippen MR) is 197 cm³/mol. The van der Waals surface area contributed by atoms with Crippen LogP contribution in [-0.2, 0) is 6.42 Å². The van der Waals surface area contributed by atoms with Gasteiger partial charge in [0, 0.05) is 0 Å². The molecule has 0 N–H and O–H groups in total. The fourth-order valence-corrected chi connectivity index (χ4v) is 5.99. The quantitative estimate of drug-likeness (QED) is 0.170. The molecule has 0 atom stereocenters. The van der Waals surface area contributed by atoms with Crippen molar-refractivity contribution in [2.75, 3.05) is 0 Å². The van der Waals surface area contributed by atoms with Gasteiger partial charge in [0.15, 0.2) is 0 Å². The number of hydrogen-bond acceptors (Lipinski definition) is 0. The molecule has 0 fully saturated rings. The Morgan fingerprint density at radius 2 is 1.30 bits per heavy atom. The maximum Gasteiger partial charge on any atom is -0.00108 e. The molecule has 44 heavy (non-hydrogen) atoms. The van der Waals surface area contributed by atoms with E-state index >= 15 is 0 Å². The normalized spacial score (nSPS) is 18.8. The summed E-state index contributed by atoms with van der Waals surface area (Å²) in [7, 11) is 0. The molecule has 0 heteroatoms. The highest BCUT2D eigenvalue weighted by atomic mass is 14.2. The third-order valence-electron chi connectivity index (χ3n) is 8.22. The first-order valence-electron chi connectivity index (χ1n) is 15.3. The first-order chi connectivity index (χ1) is 21.6. The van der Waals surface area contributed by atoms with E-state index < -0.39 is 0 Å². The average Bonchev–Trinajstić information content (AvgIpc) is 3.36. The second-order valence-electron chi connectivity index (χ2n) is 11.0. The van der Waals surface area contributed by atoms with Crippen molar-refractivity contribution in [3.05, 3.63) is 186 Å². The van der Waals surface area contributed by atoms with E-state index in [1.807, 2.05) is 13.0 Å². The van der Waals surface area contributed by atoms with E-state index in [2.05, 4.69) is 161 Å². The second kappa shape index (κ2) is 14.3. The third kappa shape index (κ3) is 6.41. The van der Waals surface area contributed by atoms with Crippen molar-refractivity contribution in [3.8, 4) is 11.1 Å². The summed E-state index contributed by atoms with van der Waals surface area (Å²) in [5.74, 6) is 0. The van der Waals surface area contributed by atoms with Crippen molar-refractivity contribution in [1.29, 1.82) is 0 Å². The van der Waals surface area contributed by atoms with E-state index in [4.69, 9.17) is 0 Å². The average molecular weight is 569 g/mol. The molecule has 0 saturated carbocycles. The van der Waals surface area contributed by atoms with Gasteiger partial charge in [0.1, 0.15) is 0 Å². The van der Waals surface area contributed by atoms with Crippen LogP contribution in [0, 0.1) is 0 Å². The van der Waals surface area contributed by atoms with E-state index in [1.165, 1.54) is 65.4 Å². The zero-order chi connectivity index (χ0) is 30.9. The lowest BCUT2D eigenvalue weighted by Gasteiger charge is -2.13. The summed E-state index contributed by atoms with van der Waals surface area (Å²) in [6.45, 7) is 13.4. The van der Waals surface area contributed by atoms with Gasteiger partial charge in [-0.3, -0.25) is 0 Å². The number of allylic oxidation sites excluding steroid dienone is 16. The minimum atomic E-state index is 0.993. The first kappa shape index (κ1) is 30.3. The molecule has 4 aromatic rings. The van der Waals surface area contributed by atoms with Crippen LogP contribution in [0.2, 0.25) is 0 Å². The summed E-state index contributed by atoms with van der Waals surface area (Å²) in [5.41, 5.74) is 9.41. The molecular formula is C44H40. The summed E-state index contributed by atoms with van der Waals surface area (Å²) < 4.78 is 0. The Kier molecular flexibility index (Phi) is 9.85. The molecule has 0 aromatic heterocycles. The van der Waals surface area contributed by atoms with Gasteiger partial charge in [-0.2, -0.15) is 0 Å². The first-order valence-corrected chi connectivity index (χ1v) is 15.3. The minimum Gasteiger partial charge on any atom is -0.0991 e. The maximum atomic E-state index is 3.56. The van der Waals surface area contributed by atoms with Crippen LogP contribution in [0.5, 0.6) is 0 Å². The SMILES string of the molecule is C/C=C\C1=C(C)c2cccc(-c3ccc4c5/c(c6ccccc6c4c3)=C\C=C/C=C\C=C/C=C\C=5)c2C1.C=C/C=C(/C)C=C. The van der Waals surface area contributed by atoms with Gasteiger partial charge < -0.3 is 0 Å². The Bertz CT molecular complexity index is 2080. The largest absolute Gasteiger partial charge is 0.0991 e. The molecule has 216 valence electrons. The van der Waals surface area contributed by atoms with Crippen LogP contribution in [0.25, 0.3) is 50.4 Å². The second-order valence-corrected chi connectivity index (χ2v) is 11.0. The molecule has 2 aliphatic rings. The van der Waals surface area contributed by atoms with Crippen LogP contribution in [-0.4, -0.2) is 0 Å². The summed E-state index contributed by atoms with van der Waals surface area (Å²) in [5, 5.41) is 7.65. The summed E-state index contributed by atoms with van der Waals surface area (Å²) >= 11 is 0. The van der Waals surface area contributed by atoms with Crippen molar-refractivity contribution in [2.45, 2.75) is 27.2 Å². The molecule has 0 spiro atoms. The van der Waals surface area contributed by atoms with Gasteiger partial charge in [-0.05, 0) is 98.6 Å². The predicted octanol–water partition coefficient (Wildman–Crippen LogP) is 10.7. The fourth-order valence-electron chi connectivity index (χ4n) is 5.99. The molecule has 0 bridgehead atoms. The van der Waals surface area contributed by atoms with Crippen molar-refractivity contribution in [3.63, 3.8) is 0 Å². The molecule has 0 saturated heterocycles. The van der Waals surface area contributed by atoms with E-state index in [0.717, 1.165) is 12.0 Å². The lowest BCUT2D eigenvalue weighted by Crippen LogP contribution is -2.26. The highest BCUT2D eigenvalue weighted by Gasteiger charge is 2.20. The Morgan fingerprint density at radius 1 is 0.682 bits per heavy atom. The highest BCUT2D eigenvalue weighted by molar-refractivity contribution is 6.10. The van der Waals surface area contributed by atoms with Crippen molar-refractivity contribution in [1.82, 2.24) is 0 Å². The molecule has 4 aromatic carbocycles. The molecule has 0 amide bonds. The smallest absolute Gasteiger partial charge is 0.00108 e. The summed E-state index contributed by atoms with van der Waals surface area (Å²) in [6, 6.07) is 22.6. The van der Waals surface area contributed by atoms with Gasteiger partial charge in [-0.25, -0.2) is 0 Å². The van der Waals surface area contributed by atoms with Gasteiger partial charge >= 0.3 is 0 Å². The van der Waals surface area contributed by atoms with Crippen molar-refractivity contribution < 1.29 is 0 Å².